The molecule has 0 spiro atoms. The van der Waals surface area contributed by atoms with Crippen LogP contribution in [0.1, 0.15) is 18.4 Å². The van der Waals surface area contributed by atoms with E-state index in [4.69, 9.17) is 4.74 Å². The molecule has 0 saturated carbocycles. The molecule has 0 aromatic heterocycles. The van der Waals surface area contributed by atoms with E-state index in [0.717, 1.165) is 46.7 Å². The van der Waals surface area contributed by atoms with E-state index in [-0.39, 0.29) is 5.75 Å². The van der Waals surface area contributed by atoms with Gasteiger partial charge in [-0.05, 0) is 74.9 Å². The van der Waals surface area contributed by atoms with E-state index in [1.807, 2.05) is 12.1 Å². The van der Waals surface area contributed by atoms with Gasteiger partial charge in [0.15, 0.2) is 0 Å². The van der Waals surface area contributed by atoms with E-state index in [1.54, 1.807) is 0 Å². The Bertz CT molecular complexity index is 383. The molecular formula is C13H17Br2NO2. The number of ether oxygens (including phenoxy) is 1. The van der Waals surface area contributed by atoms with Crippen molar-refractivity contribution in [1.82, 2.24) is 5.32 Å². The van der Waals surface area contributed by atoms with Crippen molar-refractivity contribution < 1.29 is 9.84 Å². The fourth-order valence-corrected chi connectivity index (χ4v) is 3.35. The molecule has 1 fully saturated rings. The normalized spacial score (nSPS) is 19.3. The minimum atomic E-state index is 0.252. The molecule has 0 aliphatic carbocycles. The van der Waals surface area contributed by atoms with E-state index in [9.17, 15) is 5.11 Å². The van der Waals surface area contributed by atoms with E-state index in [0.29, 0.717) is 0 Å². The molecule has 2 N–H and O–H groups in total. The molecule has 1 aliphatic heterocycles. The molecule has 3 nitrogen and oxygen atoms in total. The lowest BCUT2D eigenvalue weighted by molar-refractivity contribution is 0.184. The van der Waals surface area contributed by atoms with Crippen LogP contribution in [0.5, 0.6) is 5.75 Å². The molecule has 1 saturated heterocycles. The van der Waals surface area contributed by atoms with Gasteiger partial charge in [0.2, 0.25) is 0 Å². The highest BCUT2D eigenvalue weighted by molar-refractivity contribution is 9.11. The largest absolute Gasteiger partial charge is 0.506 e. The van der Waals surface area contributed by atoms with Gasteiger partial charge in [-0.15, -0.1) is 0 Å². The van der Waals surface area contributed by atoms with Crippen LogP contribution in [0.2, 0.25) is 0 Å². The third-order valence-electron chi connectivity index (χ3n) is 3.16. The fourth-order valence-electron chi connectivity index (χ4n) is 2.07. The van der Waals surface area contributed by atoms with Gasteiger partial charge in [0.05, 0.1) is 8.95 Å². The third kappa shape index (κ3) is 3.95. The van der Waals surface area contributed by atoms with Gasteiger partial charge in [-0.25, -0.2) is 0 Å². The molecule has 100 valence electrons. The monoisotopic (exact) mass is 377 g/mol. The van der Waals surface area contributed by atoms with Gasteiger partial charge in [-0.3, -0.25) is 0 Å². The molecule has 2 rings (SSSR count). The van der Waals surface area contributed by atoms with Gasteiger partial charge in [-0.1, -0.05) is 0 Å². The third-order valence-corrected chi connectivity index (χ3v) is 4.37. The Labute approximate surface area is 124 Å². The number of benzene rings is 1. The number of hydrogen-bond donors (Lipinski definition) is 2. The first kappa shape index (κ1) is 14.3. The number of aromatic hydroxyl groups is 1. The molecule has 0 radical (unpaired) electrons. The SMILES string of the molecule is Oc1c(Br)cc(CNCCC2CCOC2)cc1Br. The summed E-state index contributed by atoms with van der Waals surface area (Å²) in [7, 11) is 0. The second-order valence-corrected chi connectivity index (χ2v) is 6.31. The zero-order valence-electron chi connectivity index (χ0n) is 10.1. The van der Waals surface area contributed by atoms with Crippen LogP contribution in [-0.2, 0) is 11.3 Å². The molecule has 1 heterocycles. The van der Waals surface area contributed by atoms with Crippen molar-refractivity contribution in [2.24, 2.45) is 5.92 Å². The van der Waals surface area contributed by atoms with Gasteiger partial charge in [0.25, 0.3) is 0 Å². The molecule has 1 unspecified atom stereocenters. The molecule has 18 heavy (non-hydrogen) atoms. The summed E-state index contributed by atoms with van der Waals surface area (Å²) in [4.78, 5) is 0. The average molecular weight is 379 g/mol. The predicted octanol–water partition coefficient (Wildman–Crippen LogP) is 3.43. The lowest BCUT2D eigenvalue weighted by Gasteiger charge is -2.10. The lowest BCUT2D eigenvalue weighted by Crippen LogP contribution is -2.18. The summed E-state index contributed by atoms with van der Waals surface area (Å²) < 4.78 is 6.79. The standard InChI is InChI=1S/C13H17Br2NO2/c14-11-5-10(6-12(15)13(11)17)7-16-3-1-9-2-4-18-8-9/h5-6,9,16-17H,1-4,7-8H2. The topological polar surface area (TPSA) is 41.5 Å². The van der Waals surface area contributed by atoms with E-state index >= 15 is 0 Å². The first-order chi connectivity index (χ1) is 8.66. The van der Waals surface area contributed by atoms with Crippen LogP contribution in [0.25, 0.3) is 0 Å². The summed E-state index contributed by atoms with van der Waals surface area (Å²) in [6.07, 6.45) is 2.36. The highest BCUT2D eigenvalue weighted by atomic mass is 79.9. The Morgan fingerprint density at radius 3 is 2.67 bits per heavy atom. The smallest absolute Gasteiger partial charge is 0.143 e. The van der Waals surface area contributed by atoms with Crippen LogP contribution in [0, 0.1) is 5.92 Å². The van der Waals surface area contributed by atoms with Crippen molar-refractivity contribution in [3.8, 4) is 5.75 Å². The molecule has 0 amide bonds. The van der Waals surface area contributed by atoms with Crippen molar-refractivity contribution in [3.63, 3.8) is 0 Å². The minimum absolute atomic E-state index is 0.252. The Kier molecular flexibility index (Phi) is 5.48. The van der Waals surface area contributed by atoms with Gasteiger partial charge in [0.1, 0.15) is 5.75 Å². The predicted molar refractivity (Wildman–Crippen MR) is 78.8 cm³/mol. The molecule has 5 heteroatoms. The number of hydrogen-bond acceptors (Lipinski definition) is 3. The second kappa shape index (κ2) is 6.89. The zero-order chi connectivity index (χ0) is 13.0. The summed E-state index contributed by atoms with van der Waals surface area (Å²) in [5.74, 6) is 0.970. The van der Waals surface area contributed by atoms with Gasteiger partial charge in [0, 0.05) is 19.8 Å². The van der Waals surface area contributed by atoms with Crippen molar-refractivity contribution in [2.75, 3.05) is 19.8 Å². The highest BCUT2D eigenvalue weighted by Crippen LogP contribution is 2.33. The van der Waals surface area contributed by atoms with Crippen molar-refractivity contribution >= 4 is 31.9 Å². The van der Waals surface area contributed by atoms with Crippen LogP contribution in [0.3, 0.4) is 0 Å². The lowest BCUT2D eigenvalue weighted by atomic mass is 10.1. The van der Waals surface area contributed by atoms with Gasteiger partial charge < -0.3 is 15.2 Å². The zero-order valence-corrected chi connectivity index (χ0v) is 13.3. The van der Waals surface area contributed by atoms with E-state index < -0.39 is 0 Å². The highest BCUT2D eigenvalue weighted by Gasteiger charge is 2.14. The van der Waals surface area contributed by atoms with Gasteiger partial charge in [-0.2, -0.15) is 0 Å². The molecule has 0 bridgehead atoms. The van der Waals surface area contributed by atoms with Crippen LogP contribution in [-0.4, -0.2) is 24.9 Å². The molecule has 1 aromatic carbocycles. The van der Waals surface area contributed by atoms with Crippen LogP contribution >= 0.6 is 31.9 Å². The Morgan fingerprint density at radius 2 is 2.06 bits per heavy atom. The number of phenols is 1. The Morgan fingerprint density at radius 1 is 1.33 bits per heavy atom. The van der Waals surface area contributed by atoms with Crippen molar-refractivity contribution in [1.29, 1.82) is 0 Å². The molecule has 1 atom stereocenters. The van der Waals surface area contributed by atoms with Crippen LogP contribution in [0.4, 0.5) is 0 Å². The molecular weight excluding hydrogens is 362 g/mol. The van der Waals surface area contributed by atoms with Crippen molar-refractivity contribution in [3.05, 3.63) is 26.6 Å². The summed E-state index contributed by atoms with van der Waals surface area (Å²) in [5, 5.41) is 13.0. The number of nitrogens with one attached hydrogen (secondary N) is 1. The first-order valence-electron chi connectivity index (χ1n) is 6.12. The summed E-state index contributed by atoms with van der Waals surface area (Å²) in [6, 6.07) is 3.87. The van der Waals surface area contributed by atoms with Crippen LogP contribution in [0.15, 0.2) is 21.1 Å². The average Bonchev–Trinajstić information content (AvgIpc) is 2.84. The maximum absolute atomic E-state index is 9.62. The Hall–Kier alpha value is -0.100. The minimum Gasteiger partial charge on any atom is -0.506 e. The molecule has 1 aromatic rings. The number of halogens is 2. The quantitative estimate of drug-likeness (QED) is 0.771. The maximum Gasteiger partial charge on any atom is 0.143 e. The summed E-state index contributed by atoms with van der Waals surface area (Å²) >= 11 is 6.67. The summed E-state index contributed by atoms with van der Waals surface area (Å²) in [6.45, 7) is 3.65. The first-order valence-corrected chi connectivity index (χ1v) is 7.71. The van der Waals surface area contributed by atoms with E-state index in [2.05, 4.69) is 37.2 Å². The fraction of sp³-hybridized carbons (Fsp3) is 0.538. The van der Waals surface area contributed by atoms with Crippen LogP contribution < -0.4 is 5.32 Å². The molecule has 1 aliphatic rings. The number of rotatable bonds is 5. The van der Waals surface area contributed by atoms with Crippen molar-refractivity contribution in [2.45, 2.75) is 19.4 Å². The second-order valence-electron chi connectivity index (χ2n) is 4.60. The van der Waals surface area contributed by atoms with E-state index in [1.165, 1.54) is 12.8 Å². The summed E-state index contributed by atoms with van der Waals surface area (Å²) in [5.41, 5.74) is 1.15. The Balaban J connectivity index is 1.76. The maximum atomic E-state index is 9.62. The number of phenolic OH excluding ortho intramolecular Hbond substituents is 1. The van der Waals surface area contributed by atoms with Gasteiger partial charge >= 0.3 is 0 Å².